The number of nitrogens with zero attached hydrogens (tertiary/aromatic N) is 6. The number of rotatable bonds is 4. The normalized spacial score (nSPS) is 18.1. The molecule has 0 atom stereocenters. The van der Waals surface area contributed by atoms with E-state index in [9.17, 15) is 8.78 Å². The molecular formula is C17H20F2N6. The van der Waals surface area contributed by atoms with Gasteiger partial charge in [-0.25, -0.2) is 28.7 Å². The minimum absolute atomic E-state index is 0.170. The van der Waals surface area contributed by atoms with Crippen molar-refractivity contribution in [2.24, 2.45) is 0 Å². The molecule has 2 aromatic heterocycles. The monoisotopic (exact) mass is 346 g/mol. The summed E-state index contributed by atoms with van der Waals surface area (Å²) in [7, 11) is 0. The number of aromatic nitrogens is 4. The van der Waals surface area contributed by atoms with Crippen molar-refractivity contribution in [2.75, 3.05) is 36.0 Å². The van der Waals surface area contributed by atoms with Gasteiger partial charge in [0.05, 0.1) is 0 Å². The lowest BCUT2D eigenvalue weighted by atomic mass is 10.2. The van der Waals surface area contributed by atoms with Crippen molar-refractivity contribution >= 4 is 11.8 Å². The van der Waals surface area contributed by atoms with E-state index in [1.165, 1.54) is 6.07 Å². The zero-order chi connectivity index (χ0) is 17.4. The highest BCUT2D eigenvalue weighted by Crippen LogP contribution is 2.39. The fourth-order valence-corrected chi connectivity index (χ4v) is 2.99. The minimum Gasteiger partial charge on any atom is -0.353 e. The van der Waals surface area contributed by atoms with Crippen molar-refractivity contribution in [1.29, 1.82) is 0 Å². The Kier molecular flexibility index (Phi) is 4.19. The first-order valence-electron chi connectivity index (χ1n) is 8.57. The highest BCUT2D eigenvalue weighted by Gasteiger charge is 2.30. The molecule has 2 aromatic rings. The Balaban J connectivity index is 1.50. The maximum atomic E-state index is 13.2. The average Bonchev–Trinajstić information content (AvgIpc) is 3.47. The molecule has 0 bridgehead atoms. The Hall–Kier alpha value is -2.38. The van der Waals surface area contributed by atoms with Crippen LogP contribution in [-0.4, -0.2) is 46.1 Å². The molecule has 3 heterocycles. The summed E-state index contributed by atoms with van der Waals surface area (Å²) in [5, 5.41) is 0. The first-order valence-corrected chi connectivity index (χ1v) is 8.57. The number of piperazine rings is 1. The highest BCUT2D eigenvalue weighted by molar-refractivity contribution is 5.44. The van der Waals surface area contributed by atoms with Crippen LogP contribution in [0.3, 0.4) is 0 Å². The number of halogens is 2. The van der Waals surface area contributed by atoms with E-state index >= 15 is 0 Å². The van der Waals surface area contributed by atoms with Gasteiger partial charge in [0.15, 0.2) is 0 Å². The van der Waals surface area contributed by atoms with Gasteiger partial charge in [-0.15, -0.1) is 0 Å². The smallest absolute Gasteiger partial charge is 0.280 e. The standard InChI is InChI=1S/C17H20F2N6/c1-11-4-5-20-17(21-11)25-8-6-24(7-9-25)14-10-13(15(18)19)22-16(23-14)12-2-3-12/h4-5,10,12,15H,2-3,6-9H2,1H3. The molecule has 8 heteroatoms. The van der Waals surface area contributed by atoms with Crippen LogP contribution in [0, 0.1) is 6.92 Å². The van der Waals surface area contributed by atoms with E-state index < -0.39 is 6.43 Å². The summed E-state index contributed by atoms with van der Waals surface area (Å²) in [5.41, 5.74) is 0.759. The third-order valence-corrected chi connectivity index (χ3v) is 4.58. The third-order valence-electron chi connectivity index (χ3n) is 4.58. The predicted molar refractivity (Wildman–Crippen MR) is 90.2 cm³/mol. The van der Waals surface area contributed by atoms with Gasteiger partial charge in [0.1, 0.15) is 17.3 Å². The maximum absolute atomic E-state index is 13.2. The first-order chi connectivity index (χ1) is 12.1. The third kappa shape index (κ3) is 3.52. The van der Waals surface area contributed by atoms with Crippen LogP contribution < -0.4 is 9.80 Å². The van der Waals surface area contributed by atoms with Gasteiger partial charge < -0.3 is 9.80 Å². The SMILES string of the molecule is Cc1ccnc(N2CCN(c3cc(C(F)F)nc(C4CC4)n3)CC2)n1. The van der Waals surface area contributed by atoms with Crippen LogP contribution in [0.25, 0.3) is 0 Å². The van der Waals surface area contributed by atoms with Gasteiger partial charge in [-0.3, -0.25) is 0 Å². The van der Waals surface area contributed by atoms with Gasteiger partial charge in [0.2, 0.25) is 5.95 Å². The van der Waals surface area contributed by atoms with E-state index in [1.54, 1.807) is 6.20 Å². The van der Waals surface area contributed by atoms with E-state index in [0.29, 0.717) is 30.7 Å². The van der Waals surface area contributed by atoms with Gasteiger partial charge in [-0.05, 0) is 25.8 Å². The van der Waals surface area contributed by atoms with Gasteiger partial charge in [-0.1, -0.05) is 0 Å². The highest BCUT2D eigenvalue weighted by atomic mass is 19.3. The summed E-state index contributed by atoms with van der Waals surface area (Å²) in [6.07, 6.45) is 1.17. The Morgan fingerprint density at radius 3 is 2.40 bits per heavy atom. The molecule has 6 nitrogen and oxygen atoms in total. The molecule has 0 amide bonds. The van der Waals surface area contributed by atoms with Crippen LogP contribution in [0.2, 0.25) is 0 Å². The van der Waals surface area contributed by atoms with Gasteiger partial charge in [0, 0.05) is 50.1 Å². The molecule has 0 unspecified atom stereocenters. The number of aryl methyl sites for hydroxylation is 1. The van der Waals surface area contributed by atoms with Crippen molar-refractivity contribution in [3.8, 4) is 0 Å². The predicted octanol–water partition coefficient (Wildman–Crippen LogP) is 2.72. The summed E-state index contributed by atoms with van der Waals surface area (Å²) < 4.78 is 26.3. The Morgan fingerprint density at radius 2 is 1.76 bits per heavy atom. The Bertz CT molecular complexity index is 736. The van der Waals surface area contributed by atoms with Gasteiger partial charge in [-0.2, -0.15) is 0 Å². The summed E-state index contributed by atoms with van der Waals surface area (Å²) >= 11 is 0. The molecule has 132 valence electrons. The topological polar surface area (TPSA) is 58.0 Å². The molecule has 0 radical (unpaired) electrons. The molecule has 1 aliphatic heterocycles. The van der Waals surface area contributed by atoms with Crippen LogP contribution >= 0.6 is 0 Å². The second-order valence-electron chi connectivity index (χ2n) is 6.56. The maximum Gasteiger partial charge on any atom is 0.280 e. The molecule has 1 saturated carbocycles. The summed E-state index contributed by atoms with van der Waals surface area (Å²) in [5.74, 6) is 2.14. The van der Waals surface area contributed by atoms with Gasteiger partial charge >= 0.3 is 0 Å². The fourth-order valence-electron chi connectivity index (χ4n) is 2.99. The van der Waals surface area contributed by atoms with E-state index in [0.717, 1.165) is 31.6 Å². The van der Waals surface area contributed by atoms with E-state index in [2.05, 4.69) is 24.8 Å². The summed E-state index contributed by atoms with van der Waals surface area (Å²) in [6.45, 7) is 4.79. The number of hydrogen-bond acceptors (Lipinski definition) is 6. The first kappa shape index (κ1) is 16.1. The van der Waals surface area contributed by atoms with Crippen molar-refractivity contribution < 1.29 is 8.78 Å². The average molecular weight is 346 g/mol. The van der Waals surface area contributed by atoms with Gasteiger partial charge in [0.25, 0.3) is 6.43 Å². The van der Waals surface area contributed by atoms with E-state index in [4.69, 9.17) is 0 Å². The van der Waals surface area contributed by atoms with Crippen LogP contribution in [0.15, 0.2) is 18.3 Å². The Morgan fingerprint density at radius 1 is 1.04 bits per heavy atom. The second-order valence-corrected chi connectivity index (χ2v) is 6.56. The van der Waals surface area contributed by atoms with Crippen molar-refractivity contribution in [3.63, 3.8) is 0 Å². The molecular weight excluding hydrogens is 326 g/mol. The van der Waals surface area contributed by atoms with Crippen LogP contribution in [0.4, 0.5) is 20.5 Å². The lowest BCUT2D eigenvalue weighted by molar-refractivity contribution is 0.145. The molecule has 4 rings (SSSR count). The van der Waals surface area contributed by atoms with Crippen LogP contribution in [0.1, 0.15) is 42.4 Å². The summed E-state index contributed by atoms with van der Waals surface area (Å²) in [4.78, 5) is 21.5. The lowest BCUT2D eigenvalue weighted by Crippen LogP contribution is -2.47. The molecule has 2 fully saturated rings. The van der Waals surface area contributed by atoms with Crippen molar-refractivity contribution in [2.45, 2.75) is 32.1 Å². The van der Waals surface area contributed by atoms with E-state index in [-0.39, 0.29) is 11.6 Å². The van der Waals surface area contributed by atoms with Crippen LogP contribution in [-0.2, 0) is 0 Å². The van der Waals surface area contributed by atoms with Crippen LogP contribution in [0.5, 0.6) is 0 Å². The summed E-state index contributed by atoms with van der Waals surface area (Å²) in [6, 6.07) is 3.29. The second kappa shape index (κ2) is 6.50. The zero-order valence-electron chi connectivity index (χ0n) is 14.1. The molecule has 0 N–H and O–H groups in total. The number of alkyl halides is 2. The zero-order valence-corrected chi connectivity index (χ0v) is 14.1. The molecule has 1 saturated heterocycles. The van der Waals surface area contributed by atoms with E-state index in [1.807, 2.05) is 17.9 Å². The number of anilines is 2. The molecule has 25 heavy (non-hydrogen) atoms. The molecule has 1 aliphatic carbocycles. The van der Waals surface area contributed by atoms with Crippen molar-refractivity contribution in [1.82, 2.24) is 19.9 Å². The lowest BCUT2D eigenvalue weighted by Gasteiger charge is -2.35. The fraction of sp³-hybridized carbons (Fsp3) is 0.529. The Labute approximate surface area is 144 Å². The molecule has 0 aromatic carbocycles. The molecule has 0 spiro atoms. The number of hydrogen-bond donors (Lipinski definition) is 0. The van der Waals surface area contributed by atoms with Crippen molar-refractivity contribution in [3.05, 3.63) is 35.5 Å². The largest absolute Gasteiger partial charge is 0.353 e. The minimum atomic E-state index is -2.57. The quantitative estimate of drug-likeness (QED) is 0.848. The molecule has 2 aliphatic rings.